The quantitative estimate of drug-likeness (QED) is 0.774. The summed E-state index contributed by atoms with van der Waals surface area (Å²) in [6.45, 7) is 2.15. The number of imidazole rings is 1. The van der Waals surface area contributed by atoms with E-state index in [1.54, 1.807) is 0 Å². The average molecular weight is 243 g/mol. The molecule has 96 valence electrons. The normalized spacial score (nSPS) is 18.1. The van der Waals surface area contributed by atoms with Crippen LogP contribution in [0.25, 0.3) is 11.0 Å². The molecule has 2 N–H and O–H groups in total. The van der Waals surface area contributed by atoms with Crippen molar-refractivity contribution in [2.45, 2.75) is 51.5 Å². The Morgan fingerprint density at radius 2 is 1.89 bits per heavy atom. The molecular formula is C15H21N3. The molecule has 3 rings (SSSR count). The molecule has 0 spiro atoms. The van der Waals surface area contributed by atoms with E-state index in [1.165, 1.54) is 49.6 Å². The monoisotopic (exact) mass is 243 g/mol. The number of anilines is 1. The summed E-state index contributed by atoms with van der Waals surface area (Å²) in [5.41, 5.74) is 9.71. The summed E-state index contributed by atoms with van der Waals surface area (Å²) in [7, 11) is 0. The molecule has 1 heterocycles. The molecule has 18 heavy (non-hydrogen) atoms. The third-order valence-electron chi connectivity index (χ3n) is 4.13. The summed E-state index contributed by atoms with van der Waals surface area (Å²) in [4.78, 5) is 4.52. The minimum Gasteiger partial charge on any atom is -0.369 e. The molecule has 2 aromatic rings. The molecule has 0 aliphatic heterocycles. The lowest BCUT2D eigenvalue weighted by Crippen LogP contribution is -2.11. The summed E-state index contributed by atoms with van der Waals surface area (Å²) < 4.78 is 2.29. The lowest BCUT2D eigenvalue weighted by molar-refractivity contribution is 0.459. The highest BCUT2D eigenvalue weighted by Gasteiger charge is 2.20. The van der Waals surface area contributed by atoms with E-state index >= 15 is 0 Å². The fourth-order valence-corrected chi connectivity index (χ4v) is 3.22. The van der Waals surface area contributed by atoms with E-state index in [9.17, 15) is 0 Å². The number of hydrogen-bond donors (Lipinski definition) is 1. The van der Waals surface area contributed by atoms with Gasteiger partial charge in [-0.15, -0.1) is 0 Å². The summed E-state index contributed by atoms with van der Waals surface area (Å²) in [5.74, 6) is 0.686. The molecule has 0 radical (unpaired) electrons. The largest absolute Gasteiger partial charge is 0.369 e. The number of aromatic nitrogens is 2. The first-order valence-corrected chi connectivity index (χ1v) is 7.00. The highest BCUT2D eigenvalue weighted by Crippen LogP contribution is 2.33. The molecule has 1 saturated carbocycles. The first kappa shape index (κ1) is 11.6. The van der Waals surface area contributed by atoms with Gasteiger partial charge in [0.25, 0.3) is 0 Å². The highest BCUT2D eigenvalue weighted by atomic mass is 15.2. The Labute approximate surface area is 108 Å². The standard InChI is InChI=1S/C15H21N3/c1-11-7-6-10-13-14(11)18(15(16)17-13)12-8-4-2-3-5-9-12/h6-7,10,12H,2-5,8-9H2,1H3,(H2,16,17). The molecular weight excluding hydrogens is 222 g/mol. The Bertz CT molecular complexity index is 548. The molecule has 0 bridgehead atoms. The minimum absolute atomic E-state index is 0.540. The van der Waals surface area contributed by atoms with Gasteiger partial charge in [0.05, 0.1) is 11.0 Å². The molecule has 1 aliphatic rings. The fourth-order valence-electron chi connectivity index (χ4n) is 3.22. The first-order valence-electron chi connectivity index (χ1n) is 7.00. The van der Waals surface area contributed by atoms with E-state index in [-0.39, 0.29) is 0 Å². The molecule has 1 fully saturated rings. The van der Waals surface area contributed by atoms with Crippen molar-refractivity contribution in [3.63, 3.8) is 0 Å². The van der Waals surface area contributed by atoms with E-state index in [1.807, 2.05) is 0 Å². The van der Waals surface area contributed by atoms with Crippen molar-refractivity contribution in [2.24, 2.45) is 0 Å². The Morgan fingerprint density at radius 1 is 1.17 bits per heavy atom. The third-order valence-corrected chi connectivity index (χ3v) is 4.13. The summed E-state index contributed by atoms with van der Waals surface area (Å²) in [5, 5.41) is 0. The number of benzene rings is 1. The van der Waals surface area contributed by atoms with Gasteiger partial charge in [-0.2, -0.15) is 0 Å². The van der Waals surface area contributed by atoms with E-state index in [4.69, 9.17) is 5.73 Å². The van der Waals surface area contributed by atoms with Crippen molar-refractivity contribution in [3.05, 3.63) is 23.8 Å². The summed E-state index contributed by atoms with van der Waals surface area (Å²) in [6, 6.07) is 6.81. The van der Waals surface area contributed by atoms with Gasteiger partial charge in [0.1, 0.15) is 0 Å². The van der Waals surface area contributed by atoms with Crippen molar-refractivity contribution >= 4 is 17.0 Å². The molecule has 1 aliphatic carbocycles. The van der Waals surface area contributed by atoms with E-state index < -0.39 is 0 Å². The third kappa shape index (κ3) is 1.88. The van der Waals surface area contributed by atoms with Crippen LogP contribution in [0.5, 0.6) is 0 Å². The number of fused-ring (bicyclic) bond motifs is 1. The van der Waals surface area contributed by atoms with Crippen LogP contribution in [0.15, 0.2) is 18.2 Å². The molecule has 1 aromatic heterocycles. The molecule has 0 amide bonds. The van der Waals surface area contributed by atoms with Gasteiger partial charge < -0.3 is 10.3 Å². The smallest absolute Gasteiger partial charge is 0.201 e. The van der Waals surface area contributed by atoms with Crippen molar-refractivity contribution in [2.75, 3.05) is 5.73 Å². The van der Waals surface area contributed by atoms with Crippen molar-refractivity contribution < 1.29 is 0 Å². The molecule has 0 saturated heterocycles. The molecule has 1 aromatic carbocycles. The average Bonchev–Trinajstić information content (AvgIpc) is 2.54. The van der Waals surface area contributed by atoms with Gasteiger partial charge in [0, 0.05) is 6.04 Å². The predicted octanol–water partition coefficient (Wildman–Crippen LogP) is 3.82. The van der Waals surface area contributed by atoms with Crippen LogP contribution in [0.4, 0.5) is 5.95 Å². The maximum atomic E-state index is 6.16. The Hall–Kier alpha value is -1.51. The topological polar surface area (TPSA) is 43.8 Å². The van der Waals surface area contributed by atoms with E-state index in [0.717, 1.165) is 5.52 Å². The molecule has 3 heteroatoms. The summed E-state index contributed by atoms with van der Waals surface area (Å²) in [6.07, 6.45) is 7.84. The maximum absolute atomic E-state index is 6.16. The second-order valence-electron chi connectivity index (χ2n) is 5.43. The number of nitrogens with zero attached hydrogens (tertiary/aromatic N) is 2. The summed E-state index contributed by atoms with van der Waals surface area (Å²) >= 11 is 0. The second kappa shape index (κ2) is 4.63. The Kier molecular flexibility index (Phi) is 2.98. The fraction of sp³-hybridized carbons (Fsp3) is 0.533. The number of rotatable bonds is 1. The van der Waals surface area contributed by atoms with Crippen LogP contribution in [0.1, 0.15) is 50.1 Å². The number of nitrogen functional groups attached to an aromatic ring is 1. The lowest BCUT2D eigenvalue weighted by Gasteiger charge is -2.19. The minimum atomic E-state index is 0.540. The predicted molar refractivity (Wildman–Crippen MR) is 75.6 cm³/mol. The van der Waals surface area contributed by atoms with Gasteiger partial charge in [-0.1, -0.05) is 37.8 Å². The Morgan fingerprint density at radius 3 is 2.61 bits per heavy atom. The van der Waals surface area contributed by atoms with Crippen LogP contribution >= 0.6 is 0 Å². The van der Waals surface area contributed by atoms with Crippen molar-refractivity contribution in [1.82, 2.24) is 9.55 Å². The number of nitrogens with two attached hydrogens (primary N) is 1. The van der Waals surface area contributed by atoms with Crippen LogP contribution in [0.2, 0.25) is 0 Å². The highest BCUT2D eigenvalue weighted by molar-refractivity contribution is 5.81. The first-order chi connectivity index (χ1) is 8.77. The van der Waals surface area contributed by atoms with E-state index in [2.05, 4.69) is 34.7 Å². The van der Waals surface area contributed by atoms with Crippen LogP contribution in [-0.2, 0) is 0 Å². The van der Waals surface area contributed by atoms with Crippen molar-refractivity contribution in [3.8, 4) is 0 Å². The van der Waals surface area contributed by atoms with Crippen LogP contribution in [0, 0.1) is 6.92 Å². The van der Waals surface area contributed by atoms with Gasteiger partial charge >= 0.3 is 0 Å². The van der Waals surface area contributed by atoms with Crippen LogP contribution < -0.4 is 5.73 Å². The van der Waals surface area contributed by atoms with Gasteiger partial charge in [-0.25, -0.2) is 4.98 Å². The van der Waals surface area contributed by atoms with Gasteiger partial charge in [0.2, 0.25) is 5.95 Å². The SMILES string of the molecule is Cc1cccc2nc(N)n(C3CCCCCC3)c12. The van der Waals surface area contributed by atoms with Gasteiger partial charge in [0.15, 0.2) is 0 Å². The maximum Gasteiger partial charge on any atom is 0.201 e. The van der Waals surface area contributed by atoms with E-state index in [0.29, 0.717) is 12.0 Å². The number of para-hydroxylation sites is 1. The molecule has 0 atom stereocenters. The number of hydrogen-bond acceptors (Lipinski definition) is 2. The zero-order valence-corrected chi connectivity index (χ0v) is 11.0. The zero-order chi connectivity index (χ0) is 12.5. The number of aryl methyl sites for hydroxylation is 1. The van der Waals surface area contributed by atoms with Crippen LogP contribution in [0.3, 0.4) is 0 Å². The molecule has 0 unspecified atom stereocenters. The van der Waals surface area contributed by atoms with Gasteiger partial charge in [-0.05, 0) is 31.4 Å². The lowest BCUT2D eigenvalue weighted by atomic mass is 10.1. The zero-order valence-electron chi connectivity index (χ0n) is 11.0. The van der Waals surface area contributed by atoms with Gasteiger partial charge in [-0.3, -0.25) is 0 Å². The Balaban J connectivity index is 2.12. The van der Waals surface area contributed by atoms with Crippen molar-refractivity contribution in [1.29, 1.82) is 0 Å². The second-order valence-corrected chi connectivity index (χ2v) is 5.43. The van der Waals surface area contributed by atoms with Crippen LogP contribution in [-0.4, -0.2) is 9.55 Å². The molecule has 3 nitrogen and oxygen atoms in total.